The number of carbonyl (C=O) groups excluding carboxylic acids is 1. The van der Waals surface area contributed by atoms with Crippen molar-refractivity contribution in [2.24, 2.45) is 0 Å². The van der Waals surface area contributed by atoms with Gasteiger partial charge in [0, 0.05) is 10.8 Å². The molecule has 0 bridgehead atoms. The van der Waals surface area contributed by atoms with Crippen molar-refractivity contribution in [3.05, 3.63) is 21.4 Å². The molecule has 0 saturated carbocycles. The Hall–Kier alpha value is -0.540. The van der Waals surface area contributed by atoms with Gasteiger partial charge in [-0.2, -0.15) is 0 Å². The summed E-state index contributed by atoms with van der Waals surface area (Å²) in [5, 5.41) is 3.04. The maximum Gasteiger partial charge on any atom is 0.261 e. The molecule has 1 amide bonds. The van der Waals surface area contributed by atoms with Gasteiger partial charge in [0.2, 0.25) is 0 Å². The summed E-state index contributed by atoms with van der Waals surface area (Å²) in [5.41, 5.74) is 1.07. The molecule has 2 rings (SSSR count). The van der Waals surface area contributed by atoms with Gasteiger partial charge in [0.1, 0.15) is 0 Å². The molecule has 0 fully saturated rings. The Kier molecular flexibility index (Phi) is 3.79. The summed E-state index contributed by atoms with van der Waals surface area (Å²) in [6, 6.07) is 2.05. The molecule has 1 aliphatic carbocycles. The summed E-state index contributed by atoms with van der Waals surface area (Å²) in [6.07, 6.45) is 4.33. The average molecular weight is 272 g/mol. The van der Waals surface area contributed by atoms with Gasteiger partial charge in [-0.25, -0.2) is 0 Å². The fourth-order valence-corrected chi connectivity index (χ4v) is 3.40. The van der Waals surface area contributed by atoms with Gasteiger partial charge < -0.3 is 5.32 Å². The molecule has 1 aromatic rings. The molecule has 17 heavy (non-hydrogen) atoms. The lowest BCUT2D eigenvalue weighted by Crippen LogP contribution is -2.46. The minimum atomic E-state index is -0.299. The first-order chi connectivity index (χ1) is 8.08. The lowest BCUT2D eigenvalue weighted by Gasteiger charge is -2.26. The van der Waals surface area contributed by atoms with Gasteiger partial charge in [-0.3, -0.25) is 4.79 Å². The number of fused-ring (bicyclic) bond motifs is 1. The van der Waals surface area contributed by atoms with Gasteiger partial charge in [0.05, 0.1) is 10.4 Å². The normalized spacial score (nSPS) is 17.6. The number of amides is 1. The number of hydrogen-bond donors (Lipinski definition) is 1. The third-order valence-corrected chi connectivity index (χ3v) is 5.29. The van der Waals surface area contributed by atoms with E-state index in [1.807, 2.05) is 19.9 Å². The van der Waals surface area contributed by atoms with Crippen LogP contribution in [0.1, 0.15) is 46.8 Å². The molecule has 1 aromatic heterocycles. The van der Waals surface area contributed by atoms with E-state index in [1.54, 1.807) is 11.3 Å². The van der Waals surface area contributed by atoms with Gasteiger partial charge in [-0.15, -0.1) is 22.9 Å². The van der Waals surface area contributed by atoms with Crippen LogP contribution in [0.3, 0.4) is 0 Å². The summed E-state index contributed by atoms with van der Waals surface area (Å²) in [4.78, 5) is 14.3. The summed E-state index contributed by atoms with van der Waals surface area (Å²) in [7, 11) is 0. The lowest BCUT2D eigenvalue weighted by molar-refractivity contribution is 0.0916. The first-order valence-corrected chi connectivity index (χ1v) is 7.43. The van der Waals surface area contributed by atoms with E-state index >= 15 is 0 Å². The van der Waals surface area contributed by atoms with E-state index in [0.29, 0.717) is 5.88 Å². The Balaban J connectivity index is 2.09. The number of carbonyl (C=O) groups is 1. The molecule has 1 unspecified atom stereocenters. The number of rotatable bonds is 4. The van der Waals surface area contributed by atoms with Crippen molar-refractivity contribution in [3.63, 3.8) is 0 Å². The van der Waals surface area contributed by atoms with Crippen LogP contribution in [-0.4, -0.2) is 17.3 Å². The summed E-state index contributed by atoms with van der Waals surface area (Å²) in [5.74, 6) is 0.467. The van der Waals surface area contributed by atoms with Gasteiger partial charge in [-0.1, -0.05) is 6.92 Å². The van der Waals surface area contributed by atoms with E-state index < -0.39 is 0 Å². The molecule has 0 radical (unpaired) electrons. The monoisotopic (exact) mass is 271 g/mol. The summed E-state index contributed by atoms with van der Waals surface area (Å²) < 4.78 is 0. The van der Waals surface area contributed by atoms with E-state index in [2.05, 4.69) is 5.32 Å². The molecular formula is C13H18ClNOS. The number of nitrogens with one attached hydrogen (secondary N) is 1. The molecule has 0 saturated heterocycles. The molecule has 1 N–H and O–H groups in total. The number of thiophene rings is 1. The second-order valence-corrected chi connectivity index (χ2v) is 6.32. The van der Waals surface area contributed by atoms with Crippen molar-refractivity contribution in [2.45, 2.75) is 45.1 Å². The van der Waals surface area contributed by atoms with Gasteiger partial charge in [0.15, 0.2) is 0 Å². The van der Waals surface area contributed by atoms with Gasteiger partial charge >= 0.3 is 0 Å². The molecule has 0 aromatic carbocycles. The fraction of sp³-hybridized carbons (Fsp3) is 0.615. The highest BCUT2D eigenvalue weighted by atomic mass is 35.5. The van der Waals surface area contributed by atoms with Crippen LogP contribution in [0.5, 0.6) is 0 Å². The second kappa shape index (κ2) is 4.99. The largest absolute Gasteiger partial charge is 0.345 e. The van der Waals surface area contributed by atoms with Crippen LogP contribution in [0.4, 0.5) is 0 Å². The Morgan fingerprint density at radius 3 is 2.94 bits per heavy atom. The Morgan fingerprint density at radius 1 is 1.59 bits per heavy atom. The van der Waals surface area contributed by atoms with Gasteiger partial charge in [-0.05, 0) is 44.2 Å². The minimum absolute atomic E-state index is 0.0226. The van der Waals surface area contributed by atoms with E-state index in [0.717, 1.165) is 24.1 Å². The molecular weight excluding hydrogens is 254 g/mol. The highest BCUT2D eigenvalue weighted by Crippen LogP contribution is 2.30. The number of alkyl halides is 1. The first-order valence-electron chi connectivity index (χ1n) is 6.08. The van der Waals surface area contributed by atoms with Crippen LogP contribution < -0.4 is 5.32 Å². The van der Waals surface area contributed by atoms with E-state index in [9.17, 15) is 4.79 Å². The van der Waals surface area contributed by atoms with Crippen molar-refractivity contribution in [1.82, 2.24) is 5.32 Å². The smallest absolute Gasteiger partial charge is 0.261 e. The molecule has 2 nitrogen and oxygen atoms in total. The van der Waals surface area contributed by atoms with Crippen LogP contribution in [0.25, 0.3) is 0 Å². The highest BCUT2D eigenvalue weighted by molar-refractivity contribution is 7.14. The molecule has 0 spiro atoms. The van der Waals surface area contributed by atoms with E-state index in [4.69, 9.17) is 11.6 Å². The zero-order valence-corrected chi connectivity index (χ0v) is 11.9. The molecule has 1 aliphatic rings. The average Bonchev–Trinajstić information content (AvgIpc) is 2.88. The predicted octanol–water partition coefficient (Wildman–Crippen LogP) is 3.37. The van der Waals surface area contributed by atoms with Crippen LogP contribution in [0.2, 0.25) is 0 Å². The van der Waals surface area contributed by atoms with Crippen LogP contribution in [0.15, 0.2) is 6.07 Å². The third kappa shape index (κ3) is 2.66. The Bertz CT molecular complexity index is 402. The predicted molar refractivity (Wildman–Crippen MR) is 73.2 cm³/mol. The number of aryl methyl sites for hydroxylation is 2. The van der Waals surface area contributed by atoms with Crippen LogP contribution in [-0.2, 0) is 12.8 Å². The minimum Gasteiger partial charge on any atom is -0.345 e. The molecule has 1 atom stereocenters. The standard InChI is InChI=1S/C13H18ClNOS/c1-3-13(2,8-14)15-12(16)11-7-9-5-4-6-10(9)17-11/h7H,3-6,8H2,1-2H3,(H,15,16). The molecule has 94 valence electrons. The summed E-state index contributed by atoms with van der Waals surface area (Å²) in [6.45, 7) is 4.02. The maximum absolute atomic E-state index is 12.1. The van der Waals surface area contributed by atoms with E-state index in [-0.39, 0.29) is 11.4 Å². The van der Waals surface area contributed by atoms with Crippen molar-refractivity contribution in [1.29, 1.82) is 0 Å². The lowest BCUT2D eigenvalue weighted by atomic mass is 10.0. The summed E-state index contributed by atoms with van der Waals surface area (Å²) >= 11 is 7.54. The van der Waals surface area contributed by atoms with Crippen LogP contribution in [0, 0.1) is 0 Å². The maximum atomic E-state index is 12.1. The Morgan fingerprint density at radius 2 is 2.35 bits per heavy atom. The number of hydrogen-bond acceptors (Lipinski definition) is 2. The fourth-order valence-electron chi connectivity index (χ4n) is 1.99. The van der Waals surface area contributed by atoms with Crippen molar-refractivity contribution in [3.8, 4) is 0 Å². The van der Waals surface area contributed by atoms with E-state index in [1.165, 1.54) is 16.9 Å². The highest BCUT2D eigenvalue weighted by Gasteiger charge is 2.25. The molecule has 0 aliphatic heterocycles. The van der Waals surface area contributed by atoms with Crippen molar-refractivity contribution < 1.29 is 4.79 Å². The second-order valence-electron chi connectivity index (χ2n) is 4.91. The SMILES string of the molecule is CCC(C)(CCl)NC(=O)c1cc2c(s1)CCC2. The van der Waals surface area contributed by atoms with Crippen LogP contribution >= 0.6 is 22.9 Å². The zero-order chi connectivity index (χ0) is 12.5. The molecule has 4 heteroatoms. The topological polar surface area (TPSA) is 29.1 Å². The zero-order valence-electron chi connectivity index (χ0n) is 10.3. The first kappa shape index (κ1) is 12.9. The van der Waals surface area contributed by atoms with Crippen molar-refractivity contribution in [2.75, 3.05) is 5.88 Å². The Labute approximate surface area is 111 Å². The number of halogens is 1. The quantitative estimate of drug-likeness (QED) is 0.836. The molecule has 1 heterocycles. The van der Waals surface area contributed by atoms with Crippen molar-refractivity contribution >= 4 is 28.8 Å². The third-order valence-electron chi connectivity index (χ3n) is 3.46. The van der Waals surface area contributed by atoms with Gasteiger partial charge in [0.25, 0.3) is 5.91 Å².